The number of aliphatic hydroxyl groups is 1. The lowest BCUT2D eigenvalue weighted by molar-refractivity contribution is -0.360. The monoisotopic (exact) mass is 890 g/mol. The lowest BCUT2D eigenvalue weighted by Gasteiger charge is -2.50. The van der Waals surface area contributed by atoms with Crippen molar-refractivity contribution < 1.29 is 57.5 Å². The maximum Gasteiger partial charge on any atom is 0.338 e. The summed E-state index contributed by atoms with van der Waals surface area (Å²) in [4.78, 5) is 68.8. The molecule has 0 spiro atoms. The maximum atomic E-state index is 14.4. The summed E-state index contributed by atoms with van der Waals surface area (Å²) < 4.78 is 37.3. The number of aryl methyl sites for hydroxylation is 2. The third-order valence-electron chi connectivity index (χ3n) is 11.3. The van der Waals surface area contributed by atoms with E-state index < -0.39 is 66.2 Å². The molecular weight excluding hydrogens is 841 g/mol. The van der Waals surface area contributed by atoms with Gasteiger partial charge in [0.15, 0.2) is 12.2 Å². The largest absolute Gasteiger partial charge is 0.461 e. The van der Waals surface area contributed by atoms with Crippen LogP contribution in [0.25, 0.3) is 0 Å². The Bertz CT molecular complexity index is 2640. The molecule has 1 aliphatic heterocycles. The normalized spacial score (nSPS) is 19.4. The van der Waals surface area contributed by atoms with Gasteiger partial charge in [-0.1, -0.05) is 110 Å². The van der Waals surface area contributed by atoms with Crippen molar-refractivity contribution in [2.24, 2.45) is 0 Å². The van der Waals surface area contributed by atoms with E-state index in [0.29, 0.717) is 16.7 Å². The number of rotatable bonds is 15. The lowest BCUT2D eigenvalue weighted by Crippen LogP contribution is -2.68. The second kappa shape index (κ2) is 21.1. The molecule has 1 N–H and O–H groups in total. The summed E-state index contributed by atoms with van der Waals surface area (Å²) in [6.45, 7) is 6.40. The molecule has 338 valence electrons. The highest BCUT2D eigenvalue weighted by atomic mass is 16.7. The average molecular weight is 891 g/mol. The molecule has 0 radical (unpaired) electrons. The molecule has 12 heteroatoms. The van der Waals surface area contributed by atoms with Gasteiger partial charge in [0.25, 0.3) is 0 Å². The highest BCUT2D eigenvalue weighted by molar-refractivity contribution is 5.92. The minimum absolute atomic E-state index is 0.0512. The Balaban J connectivity index is 1.47. The number of hydrogen-bond donors (Lipinski definition) is 1. The molecule has 0 saturated carbocycles. The zero-order valence-electron chi connectivity index (χ0n) is 37.0. The fourth-order valence-electron chi connectivity index (χ4n) is 7.89. The number of benzene rings is 6. The van der Waals surface area contributed by atoms with Gasteiger partial charge in [-0.15, -0.1) is 0 Å². The van der Waals surface area contributed by atoms with E-state index >= 15 is 0 Å². The summed E-state index contributed by atoms with van der Waals surface area (Å²) >= 11 is 0. The summed E-state index contributed by atoms with van der Waals surface area (Å²) in [5, 5.41) is 13.8. The van der Waals surface area contributed by atoms with E-state index in [-0.39, 0.29) is 40.8 Å². The highest BCUT2D eigenvalue weighted by Crippen LogP contribution is 2.45. The molecule has 0 bridgehead atoms. The molecule has 6 atom stereocenters. The number of carbonyl (C=O) groups is 5. The second-order valence-corrected chi connectivity index (χ2v) is 16.0. The fourth-order valence-corrected chi connectivity index (χ4v) is 7.89. The first-order valence-corrected chi connectivity index (χ1v) is 21.6. The Morgan fingerprint density at radius 1 is 0.606 bits per heavy atom. The highest BCUT2D eigenvalue weighted by Gasteiger charge is 2.62. The van der Waals surface area contributed by atoms with Gasteiger partial charge in [0.1, 0.15) is 18.8 Å². The molecule has 0 unspecified atom stereocenters. The molecule has 0 aromatic heterocycles. The topological polar surface area (TPSA) is 161 Å². The molecule has 6 aromatic rings. The predicted octanol–water partition coefficient (Wildman–Crippen LogP) is 8.68. The van der Waals surface area contributed by atoms with Crippen LogP contribution >= 0.6 is 0 Å². The van der Waals surface area contributed by atoms with Crippen LogP contribution in [0.1, 0.15) is 95.6 Å². The lowest BCUT2D eigenvalue weighted by atomic mass is 9.81. The van der Waals surface area contributed by atoms with Crippen LogP contribution in [0, 0.1) is 6.92 Å². The Hall–Kier alpha value is -7.41. The van der Waals surface area contributed by atoms with Crippen molar-refractivity contribution in [1.29, 1.82) is 0 Å². The minimum Gasteiger partial charge on any atom is -0.461 e. The van der Waals surface area contributed by atoms with E-state index in [2.05, 4.69) is 0 Å². The molecule has 1 saturated heterocycles. The Morgan fingerprint density at radius 2 is 1.06 bits per heavy atom. The summed E-state index contributed by atoms with van der Waals surface area (Å²) in [5.41, 5.74) is 4.07. The van der Waals surface area contributed by atoms with Crippen LogP contribution in [0.2, 0.25) is 0 Å². The molecule has 7 rings (SSSR count). The summed E-state index contributed by atoms with van der Waals surface area (Å²) in [6, 6.07) is 43.4. The number of ether oxygens (including phenoxy) is 6. The van der Waals surface area contributed by atoms with Gasteiger partial charge in [0, 0.05) is 12.5 Å². The Labute approximate surface area is 383 Å². The number of esters is 5. The minimum atomic E-state index is -2.78. The van der Waals surface area contributed by atoms with Crippen LogP contribution in [-0.2, 0) is 58.5 Å². The van der Waals surface area contributed by atoms with E-state index in [4.69, 9.17) is 28.4 Å². The van der Waals surface area contributed by atoms with E-state index in [1.165, 1.54) is 50.2 Å². The first-order valence-electron chi connectivity index (χ1n) is 21.6. The van der Waals surface area contributed by atoms with Crippen LogP contribution in [0.3, 0.4) is 0 Å². The smallest absolute Gasteiger partial charge is 0.338 e. The molecule has 6 aromatic carbocycles. The first-order chi connectivity index (χ1) is 31.8. The van der Waals surface area contributed by atoms with E-state index in [0.717, 1.165) is 17.5 Å². The fraction of sp³-hybridized carbons (Fsp3) is 0.241. The van der Waals surface area contributed by atoms with Gasteiger partial charge >= 0.3 is 29.8 Å². The van der Waals surface area contributed by atoms with Crippen molar-refractivity contribution >= 4 is 29.8 Å². The van der Waals surface area contributed by atoms with Crippen molar-refractivity contribution in [3.63, 3.8) is 0 Å². The Morgan fingerprint density at radius 3 is 1.55 bits per heavy atom. The van der Waals surface area contributed by atoms with Gasteiger partial charge in [-0.25, -0.2) is 19.2 Å². The van der Waals surface area contributed by atoms with Gasteiger partial charge in [-0.2, -0.15) is 0 Å². The molecule has 0 aliphatic carbocycles. The van der Waals surface area contributed by atoms with Crippen molar-refractivity contribution in [2.45, 2.75) is 83.5 Å². The SMILES string of the molecule is CCc1ccc(Cc2c(C)cc(COC(C)=O)cc2[C@@]2(O)O[C@H]([C@H](C)OC(=O)c3ccccc3)[C@@H](OC(=O)c3ccccc3)[C@H](OC(=O)c3ccccc3)[C@H]2OC(=O)c2ccccc2)cc1. The summed E-state index contributed by atoms with van der Waals surface area (Å²) in [7, 11) is 0. The van der Waals surface area contributed by atoms with Gasteiger partial charge in [0.05, 0.1) is 22.3 Å². The summed E-state index contributed by atoms with van der Waals surface area (Å²) in [6.07, 6.45) is -7.51. The van der Waals surface area contributed by atoms with Crippen molar-refractivity contribution in [2.75, 3.05) is 0 Å². The van der Waals surface area contributed by atoms with Gasteiger partial charge in [-0.05, 0) is 109 Å². The Kier molecular flexibility index (Phi) is 14.9. The predicted molar refractivity (Wildman–Crippen MR) is 242 cm³/mol. The van der Waals surface area contributed by atoms with Crippen LogP contribution in [0.5, 0.6) is 0 Å². The van der Waals surface area contributed by atoms with E-state index in [1.807, 2.05) is 38.1 Å². The molecule has 12 nitrogen and oxygen atoms in total. The van der Waals surface area contributed by atoms with E-state index in [1.54, 1.807) is 97.1 Å². The third kappa shape index (κ3) is 10.9. The molecular formula is C54H50O12. The van der Waals surface area contributed by atoms with Gasteiger partial charge in [0.2, 0.25) is 11.9 Å². The number of carbonyl (C=O) groups excluding carboxylic acids is 5. The zero-order valence-corrected chi connectivity index (χ0v) is 37.0. The van der Waals surface area contributed by atoms with Crippen LogP contribution < -0.4 is 0 Å². The molecule has 1 heterocycles. The summed E-state index contributed by atoms with van der Waals surface area (Å²) in [5.74, 6) is -6.85. The molecule has 66 heavy (non-hydrogen) atoms. The molecule has 1 fully saturated rings. The third-order valence-corrected chi connectivity index (χ3v) is 11.3. The van der Waals surface area contributed by atoms with E-state index in [9.17, 15) is 29.1 Å². The van der Waals surface area contributed by atoms with Gasteiger partial charge < -0.3 is 33.5 Å². The maximum absolute atomic E-state index is 14.4. The van der Waals surface area contributed by atoms with Crippen molar-refractivity contribution in [3.05, 3.63) is 213 Å². The van der Waals surface area contributed by atoms with Crippen molar-refractivity contribution in [1.82, 2.24) is 0 Å². The zero-order chi connectivity index (χ0) is 46.8. The molecule has 1 aliphatic rings. The first kappa shape index (κ1) is 46.6. The van der Waals surface area contributed by atoms with Crippen LogP contribution in [0.4, 0.5) is 0 Å². The van der Waals surface area contributed by atoms with Crippen LogP contribution in [0.15, 0.2) is 158 Å². The average Bonchev–Trinajstić information content (AvgIpc) is 3.34. The second-order valence-electron chi connectivity index (χ2n) is 16.0. The standard InChI is InChI=1S/C54H50O12/c1-5-37-26-28-38(29-27-37)31-44-34(2)30-39(33-61-36(4)55)32-45(44)54(60)49(65-53(59)43-24-16-9-17-25-43)48(64-52(58)42-22-14-8-15-23-42)47(63-51(57)41-20-12-7-13-21-41)46(66-54)35(3)62-50(56)40-18-10-6-11-19-40/h6-30,32,35,46-49,60H,5,31,33H2,1-4H3/t35-,46+,47+,48-,49+,54+/m0/s1. The van der Waals surface area contributed by atoms with Crippen LogP contribution in [-0.4, -0.2) is 65.5 Å². The van der Waals surface area contributed by atoms with Crippen molar-refractivity contribution in [3.8, 4) is 0 Å². The van der Waals surface area contributed by atoms with Gasteiger partial charge in [-0.3, -0.25) is 4.79 Å². The number of hydrogen-bond acceptors (Lipinski definition) is 12. The molecule has 0 amide bonds. The quantitative estimate of drug-likeness (QED) is 0.0773.